The lowest BCUT2D eigenvalue weighted by molar-refractivity contribution is -0.136. The van der Waals surface area contributed by atoms with Gasteiger partial charge in [-0.3, -0.25) is 14.5 Å². The molecule has 0 spiro atoms. The number of ether oxygens (including phenoxy) is 2. The summed E-state index contributed by atoms with van der Waals surface area (Å²) in [6.45, 7) is 4.05. The standard InChI is InChI=1S/C21H22N2O4/c1-5-23-20(24)18(14-8-6-13(2)7-9-14)19(21(23)25)22-16-11-10-15(26-3)12-17(16)27-4/h6-12,22H,5H2,1-4H3. The van der Waals surface area contributed by atoms with E-state index in [1.54, 1.807) is 32.2 Å². The molecule has 0 saturated heterocycles. The van der Waals surface area contributed by atoms with Crippen LogP contribution < -0.4 is 14.8 Å². The Bertz CT molecular complexity index is 916. The first-order chi connectivity index (χ1) is 13.0. The fraction of sp³-hybridized carbons (Fsp3) is 0.238. The van der Waals surface area contributed by atoms with E-state index in [9.17, 15) is 9.59 Å². The summed E-state index contributed by atoms with van der Waals surface area (Å²) in [7, 11) is 3.10. The number of hydrogen-bond donors (Lipinski definition) is 1. The molecule has 2 aromatic rings. The maximum atomic E-state index is 12.8. The number of carbonyl (C=O) groups excluding carboxylic acids is 2. The second-order valence-corrected chi connectivity index (χ2v) is 6.16. The molecule has 0 bridgehead atoms. The van der Waals surface area contributed by atoms with Crippen LogP contribution in [0, 0.1) is 6.92 Å². The third-order valence-electron chi connectivity index (χ3n) is 4.49. The number of nitrogens with one attached hydrogen (secondary N) is 1. The SMILES string of the molecule is CCN1C(=O)C(Nc2ccc(OC)cc2OC)=C(c2ccc(C)cc2)C1=O. The number of likely N-dealkylation sites (N-methyl/N-ethyl adjacent to an activating group) is 1. The van der Waals surface area contributed by atoms with Crippen LogP contribution in [0.1, 0.15) is 18.1 Å². The Morgan fingerprint density at radius 1 is 0.963 bits per heavy atom. The first kappa shape index (κ1) is 18.5. The average Bonchev–Trinajstić information content (AvgIpc) is 2.92. The third kappa shape index (κ3) is 3.38. The lowest BCUT2D eigenvalue weighted by Gasteiger charge is -2.14. The Kier molecular flexibility index (Phi) is 5.16. The number of nitrogens with zero attached hydrogens (tertiary/aromatic N) is 1. The van der Waals surface area contributed by atoms with Crippen molar-refractivity contribution in [1.29, 1.82) is 0 Å². The Labute approximate surface area is 158 Å². The molecule has 0 radical (unpaired) electrons. The van der Waals surface area contributed by atoms with Crippen LogP contribution >= 0.6 is 0 Å². The summed E-state index contributed by atoms with van der Waals surface area (Å²) < 4.78 is 10.6. The van der Waals surface area contributed by atoms with Crippen molar-refractivity contribution in [2.75, 3.05) is 26.1 Å². The molecule has 1 N–H and O–H groups in total. The van der Waals surface area contributed by atoms with E-state index in [0.717, 1.165) is 5.56 Å². The van der Waals surface area contributed by atoms with E-state index in [4.69, 9.17) is 9.47 Å². The van der Waals surface area contributed by atoms with Crippen molar-refractivity contribution in [2.45, 2.75) is 13.8 Å². The van der Waals surface area contributed by atoms with Crippen molar-refractivity contribution >= 4 is 23.1 Å². The summed E-state index contributed by atoms with van der Waals surface area (Å²) in [5, 5.41) is 3.11. The lowest BCUT2D eigenvalue weighted by Crippen LogP contribution is -2.32. The molecule has 2 amide bonds. The molecule has 0 unspecified atom stereocenters. The first-order valence-corrected chi connectivity index (χ1v) is 8.66. The Balaban J connectivity index is 2.09. The maximum absolute atomic E-state index is 12.8. The number of hydrogen-bond acceptors (Lipinski definition) is 5. The molecule has 140 valence electrons. The number of benzene rings is 2. The normalized spacial score (nSPS) is 14.0. The van der Waals surface area contributed by atoms with E-state index >= 15 is 0 Å². The van der Waals surface area contributed by atoms with Crippen LogP contribution in [0.15, 0.2) is 48.2 Å². The molecule has 0 fully saturated rings. The molecule has 0 atom stereocenters. The Morgan fingerprint density at radius 3 is 2.26 bits per heavy atom. The van der Waals surface area contributed by atoms with Gasteiger partial charge in [-0.25, -0.2) is 0 Å². The van der Waals surface area contributed by atoms with Crippen molar-refractivity contribution in [3.8, 4) is 11.5 Å². The van der Waals surface area contributed by atoms with Gasteiger partial charge in [-0.1, -0.05) is 29.8 Å². The molecule has 1 aliphatic heterocycles. The number of imide groups is 1. The van der Waals surface area contributed by atoms with Crippen molar-refractivity contribution in [3.63, 3.8) is 0 Å². The molecule has 2 aromatic carbocycles. The third-order valence-corrected chi connectivity index (χ3v) is 4.49. The van der Waals surface area contributed by atoms with Gasteiger partial charge in [0.1, 0.15) is 17.2 Å². The van der Waals surface area contributed by atoms with Crippen LogP contribution in [0.3, 0.4) is 0 Å². The van der Waals surface area contributed by atoms with Crippen molar-refractivity contribution in [2.24, 2.45) is 0 Å². The molecule has 6 heteroatoms. The number of rotatable bonds is 6. The number of methoxy groups -OCH3 is 2. The van der Waals surface area contributed by atoms with Crippen LogP contribution in [0.4, 0.5) is 5.69 Å². The average molecular weight is 366 g/mol. The van der Waals surface area contributed by atoms with Gasteiger partial charge in [-0.2, -0.15) is 0 Å². The summed E-state index contributed by atoms with van der Waals surface area (Å²) >= 11 is 0. The zero-order chi connectivity index (χ0) is 19.6. The van der Waals surface area contributed by atoms with Crippen LogP contribution in [0.2, 0.25) is 0 Å². The van der Waals surface area contributed by atoms with Gasteiger partial charge >= 0.3 is 0 Å². The van der Waals surface area contributed by atoms with Gasteiger partial charge < -0.3 is 14.8 Å². The van der Waals surface area contributed by atoms with Crippen LogP contribution in [0.5, 0.6) is 11.5 Å². The number of anilines is 1. The minimum atomic E-state index is -0.351. The summed E-state index contributed by atoms with van der Waals surface area (Å²) in [5.41, 5.74) is 2.96. The minimum Gasteiger partial charge on any atom is -0.497 e. The van der Waals surface area contributed by atoms with E-state index in [1.165, 1.54) is 12.0 Å². The minimum absolute atomic E-state index is 0.245. The maximum Gasteiger partial charge on any atom is 0.278 e. The van der Waals surface area contributed by atoms with Gasteiger partial charge in [0.05, 0.1) is 25.5 Å². The predicted octanol–water partition coefficient (Wildman–Crippen LogP) is 3.22. The van der Waals surface area contributed by atoms with Gasteiger partial charge in [0.15, 0.2) is 0 Å². The summed E-state index contributed by atoms with van der Waals surface area (Å²) in [6.07, 6.45) is 0. The van der Waals surface area contributed by atoms with Crippen molar-refractivity contribution in [3.05, 3.63) is 59.3 Å². The zero-order valence-corrected chi connectivity index (χ0v) is 15.8. The van der Waals surface area contributed by atoms with Crippen LogP contribution in [0.25, 0.3) is 5.57 Å². The molecule has 27 heavy (non-hydrogen) atoms. The molecule has 1 aliphatic rings. The Hall–Kier alpha value is -3.28. The smallest absolute Gasteiger partial charge is 0.278 e. The number of amides is 2. The topological polar surface area (TPSA) is 67.9 Å². The second-order valence-electron chi connectivity index (χ2n) is 6.16. The van der Waals surface area contributed by atoms with Gasteiger partial charge in [0.25, 0.3) is 11.8 Å². The highest BCUT2D eigenvalue weighted by Crippen LogP contribution is 2.35. The molecular formula is C21H22N2O4. The fourth-order valence-electron chi connectivity index (χ4n) is 3.00. The lowest BCUT2D eigenvalue weighted by atomic mass is 10.0. The molecular weight excluding hydrogens is 344 g/mol. The highest BCUT2D eigenvalue weighted by molar-refractivity contribution is 6.36. The van der Waals surface area contributed by atoms with Gasteiger partial charge in [0, 0.05) is 12.6 Å². The van der Waals surface area contributed by atoms with Crippen LogP contribution in [-0.2, 0) is 9.59 Å². The molecule has 0 saturated carbocycles. The summed E-state index contributed by atoms with van der Waals surface area (Å²) in [6, 6.07) is 12.8. The second kappa shape index (κ2) is 7.53. The highest BCUT2D eigenvalue weighted by Gasteiger charge is 2.38. The van der Waals surface area contributed by atoms with E-state index < -0.39 is 0 Å². The summed E-state index contributed by atoms with van der Waals surface area (Å²) in [4.78, 5) is 26.9. The molecule has 1 heterocycles. The highest BCUT2D eigenvalue weighted by atomic mass is 16.5. The largest absolute Gasteiger partial charge is 0.497 e. The monoisotopic (exact) mass is 366 g/mol. The zero-order valence-electron chi connectivity index (χ0n) is 15.8. The van der Waals surface area contributed by atoms with Crippen LogP contribution in [-0.4, -0.2) is 37.5 Å². The fourth-order valence-corrected chi connectivity index (χ4v) is 3.00. The van der Waals surface area contributed by atoms with E-state index in [0.29, 0.717) is 34.9 Å². The quantitative estimate of drug-likeness (QED) is 0.795. The molecule has 0 aromatic heterocycles. The van der Waals surface area contributed by atoms with Gasteiger partial charge in [-0.15, -0.1) is 0 Å². The van der Waals surface area contributed by atoms with Crippen molar-refractivity contribution < 1.29 is 19.1 Å². The van der Waals surface area contributed by atoms with E-state index in [-0.39, 0.29) is 17.5 Å². The number of aryl methyl sites for hydroxylation is 1. The van der Waals surface area contributed by atoms with E-state index in [1.807, 2.05) is 31.2 Å². The molecule has 0 aliphatic carbocycles. The van der Waals surface area contributed by atoms with Gasteiger partial charge in [-0.05, 0) is 31.5 Å². The number of carbonyl (C=O) groups is 2. The predicted molar refractivity (Wildman–Crippen MR) is 104 cm³/mol. The molecule has 6 nitrogen and oxygen atoms in total. The Morgan fingerprint density at radius 2 is 1.67 bits per heavy atom. The first-order valence-electron chi connectivity index (χ1n) is 8.66. The summed E-state index contributed by atoms with van der Waals surface area (Å²) in [5.74, 6) is 0.492. The van der Waals surface area contributed by atoms with Crippen molar-refractivity contribution in [1.82, 2.24) is 4.90 Å². The molecule has 3 rings (SSSR count). The van der Waals surface area contributed by atoms with Gasteiger partial charge in [0.2, 0.25) is 0 Å². The van der Waals surface area contributed by atoms with E-state index in [2.05, 4.69) is 5.32 Å².